The van der Waals surface area contributed by atoms with Crippen molar-refractivity contribution >= 4 is 40.7 Å². The second-order valence-electron chi connectivity index (χ2n) is 10.7. The molecule has 2 heterocycles. The van der Waals surface area contributed by atoms with Gasteiger partial charge in [-0.3, -0.25) is 9.79 Å². The number of thiazole rings is 1. The van der Waals surface area contributed by atoms with Crippen molar-refractivity contribution in [2.75, 3.05) is 14.2 Å². The number of aromatic nitrogens is 1. The van der Waals surface area contributed by atoms with Crippen molar-refractivity contribution in [3.8, 4) is 0 Å². The maximum absolute atomic E-state index is 13.9. The van der Waals surface area contributed by atoms with E-state index in [1.165, 1.54) is 37.7 Å². The van der Waals surface area contributed by atoms with Gasteiger partial charge in [-0.1, -0.05) is 17.7 Å². The molecule has 0 unspecified atom stereocenters. The number of esters is 2. The lowest BCUT2D eigenvalue weighted by Crippen LogP contribution is -3.10. The van der Waals surface area contributed by atoms with Gasteiger partial charge in [0.2, 0.25) is 0 Å². The van der Waals surface area contributed by atoms with Gasteiger partial charge in [0.05, 0.1) is 26.2 Å². The average Bonchev–Trinajstić information content (AvgIpc) is 3.43. The zero-order valence-electron chi connectivity index (χ0n) is 19.3. The van der Waals surface area contributed by atoms with E-state index in [2.05, 4.69) is 10.3 Å². The highest BCUT2D eigenvalue weighted by molar-refractivity contribution is 7.11. The number of allylic oxidation sites excluding steroid dienone is 1. The molecule has 7 nitrogen and oxygen atoms in total. The quantitative estimate of drug-likeness (QED) is 0.578. The van der Waals surface area contributed by atoms with Crippen LogP contribution in [0.15, 0.2) is 46.0 Å². The van der Waals surface area contributed by atoms with Gasteiger partial charge in [0.25, 0.3) is 0 Å². The Hall–Kier alpha value is -2.78. The molecule has 10 heteroatoms. The predicted molar refractivity (Wildman–Crippen MR) is 127 cm³/mol. The number of amidine groups is 1. The molecule has 0 radical (unpaired) electrons. The minimum absolute atomic E-state index is 0.112. The number of carbonyl (C=O) groups is 2. The maximum atomic E-state index is 13.9. The molecule has 9 rings (SSSR count). The van der Waals surface area contributed by atoms with Crippen LogP contribution in [0, 0.1) is 52.2 Å². The van der Waals surface area contributed by atoms with Crippen LogP contribution in [0.4, 0.5) is 4.39 Å². The Morgan fingerprint density at radius 3 is 2.44 bits per heavy atom. The largest absolute Gasteiger partial charge is 0.469 e. The first-order valence-electron chi connectivity index (χ1n) is 12.0. The molecule has 6 saturated carbocycles. The highest BCUT2D eigenvalue weighted by Crippen LogP contribution is 3.11. The summed E-state index contributed by atoms with van der Waals surface area (Å²) in [7, 11) is 2.81. The van der Waals surface area contributed by atoms with Gasteiger partial charge in [0.1, 0.15) is 11.9 Å². The number of carbonyl (C=O) groups excluding carboxylic acids is 2. The van der Waals surface area contributed by atoms with E-state index in [9.17, 15) is 14.0 Å². The molecular weight excluding hydrogens is 505 g/mol. The number of rotatable bonds is 6. The van der Waals surface area contributed by atoms with Crippen molar-refractivity contribution in [2.24, 2.45) is 51.3 Å². The Bertz CT molecular complexity index is 1400. The number of hydrogen-bond donors (Lipinski definition) is 1. The highest BCUT2D eigenvalue weighted by atomic mass is 35.5. The third kappa shape index (κ3) is 1.97. The SMILES string of the molecule is COC(=O)CC12C3C4C1C1C2C3C41C1=C(C(=O)OC)[C@H](c2ccc(F)cc2Cl)N=C(c2nccs2)N1. The number of methoxy groups -OCH3 is 2. The van der Waals surface area contributed by atoms with Gasteiger partial charge in [-0.25, -0.2) is 14.2 Å². The second kappa shape index (κ2) is 6.55. The van der Waals surface area contributed by atoms with Crippen LogP contribution in [-0.4, -0.2) is 37.0 Å². The fourth-order valence-electron chi connectivity index (χ4n) is 9.54. The van der Waals surface area contributed by atoms with E-state index >= 15 is 0 Å². The van der Waals surface area contributed by atoms with E-state index in [1.54, 1.807) is 12.3 Å². The van der Waals surface area contributed by atoms with E-state index in [0.717, 1.165) is 5.70 Å². The van der Waals surface area contributed by atoms with Crippen LogP contribution < -0.4 is 5.32 Å². The zero-order valence-corrected chi connectivity index (χ0v) is 20.9. The van der Waals surface area contributed by atoms with Gasteiger partial charge < -0.3 is 14.8 Å². The first-order chi connectivity index (χ1) is 17.4. The van der Waals surface area contributed by atoms with Crippen molar-refractivity contribution in [2.45, 2.75) is 12.5 Å². The van der Waals surface area contributed by atoms with Crippen LogP contribution in [0.25, 0.3) is 0 Å². The molecule has 1 N–H and O–H groups in total. The Kier molecular flexibility index (Phi) is 3.88. The van der Waals surface area contributed by atoms with Gasteiger partial charge in [-0.2, -0.15) is 0 Å². The molecule has 6 fully saturated rings. The first kappa shape index (κ1) is 21.3. The predicted octanol–water partition coefficient (Wildman–Crippen LogP) is 3.75. The van der Waals surface area contributed by atoms with E-state index < -0.39 is 17.8 Å². The Morgan fingerprint density at radius 2 is 1.86 bits per heavy atom. The molecule has 1 aromatic heterocycles. The molecule has 1 atom stereocenters. The lowest BCUT2D eigenvalue weighted by Gasteiger charge is -3.11. The van der Waals surface area contributed by atoms with E-state index in [4.69, 9.17) is 26.1 Å². The van der Waals surface area contributed by atoms with E-state index in [0.29, 0.717) is 63.9 Å². The molecule has 6 aliphatic carbocycles. The van der Waals surface area contributed by atoms with Crippen LogP contribution in [0.1, 0.15) is 23.0 Å². The van der Waals surface area contributed by atoms with Crippen molar-refractivity contribution in [3.05, 3.63) is 62.5 Å². The molecule has 0 saturated heterocycles. The highest BCUT2D eigenvalue weighted by Gasteiger charge is 3.10. The summed E-state index contributed by atoms with van der Waals surface area (Å²) in [6.45, 7) is 0. The summed E-state index contributed by atoms with van der Waals surface area (Å²) in [6.07, 6.45) is 2.21. The van der Waals surface area contributed by atoms with Crippen molar-refractivity contribution < 1.29 is 23.5 Å². The number of nitrogens with zero attached hydrogens (tertiary/aromatic N) is 2. The summed E-state index contributed by atoms with van der Waals surface area (Å²) in [5, 5.41) is 6.31. The zero-order chi connectivity index (χ0) is 24.7. The summed E-state index contributed by atoms with van der Waals surface area (Å²) in [5.41, 5.74) is 1.82. The van der Waals surface area contributed by atoms with Crippen LogP contribution in [0.2, 0.25) is 5.02 Å². The minimum atomic E-state index is -0.745. The number of ether oxygens (including phenoxy) is 2. The number of benzene rings is 1. The Balaban J connectivity index is 1.25. The van der Waals surface area contributed by atoms with Gasteiger partial charge in [-0.15, -0.1) is 11.3 Å². The third-order valence-electron chi connectivity index (χ3n) is 10.3. The average molecular weight is 526 g/mol. The van der Waals surface area contributed by atoms with E-state index in [1.807, 2.05) is 5.38 Å². The molecular formula is C26H21ClFN3O4S. The molecule has 0 spiro atoms. The minimum Gasteiger partial charge on any atom is -0.469 e. The van der Waals surface area contributed by atoms with Crippen molar-refractivity contribution in [1.29, 1.82) is 0 Å². The summed E-state index contributed by atoms with van der Waals surface area (Å²) in [6, 6.07) is 3.41. The first-order valence-corrected chi connectivity index (χ1v) is 13.3. The molecule has 7 aliphatic rings. The van der Waals surface area contributed by atoms with E-state index in [-0.39, 0.29) is 21.8 Å². The summed E-state index contributed by atoms with van der Waals surface area (Å²) < 4.78 is 24.2. The van der Waals surface area contributed by atoms with Gasteiger partial charge in [0.15, 0.2) is 10.8 Å². The lowest BCUT2D eigenvalue weighted by molar-refractivity contribution is -0.647. The fourth-order valence-corrected chi connectivity index (χ4v) is 10.4. The summed E-state index contributed by atoms with van der Waals surface area (Å²) >= 11 is 7.94. The molecule has 184 valence electrons. The monoisotopic (exact) mass is 525 g/mol. The maximum Gasteiger partial charge on any atom is 0.338 e. The number of aliphatic imine (C=N–C) groups is 1. The normalized spacial score (nSPS) is 41.3. The van der Waals surface area contributed by atoms with Gasteiger partial charge >= 0.3 is 11.9 Å². The third-order valence-corrected chi connectivity index (χ3v) is 11.4. The number of hydrogen-bond acceptors (Lipinski definition) is 8. The topological polar surface area (TPSA) is 89.9 Å². The second-order valence-corrected chi connectivity index (χ2v) is 12.0. The molecule has 36 heavy (non-hydrogen) atoms. The van der Waals surface area contributed by atoms with Crippen molar-refractivity contribution in [1.82, 2.24) is 10.3 Å². The smallest absolute Gasteiger partial charge is 0.338 e. The van der Waals surface area contributed by atoms with Gasteiger partial charge in [0, 0.05) is 33.3 Å². The Morgan fingerprint density at radius 1 is 1.14 bits per heavy atom. The number of nitrogens with one attached hydrogen (secondary N) is 1. The molecule has 0 bridgehead atoms. The number of halogens is 2. The van der Waals surface area contributed by atoms with Crippen molar-refractivity contribution in [3.63, 3.8) is 0 Å². The van der Waals surface area contributed by atoms with Crippen LogP contribution in [-0.2, 0) is 19.1 Å². The standard InChI is InChI=1S/C26H21ClFN3O4S/c1-34-12(32)8-25-14-17-15(25)19-16(25)18(14)26(17,19)21-13(24(33)35-2)20(10-4-3-9(28)7-11(10)27)30-22(31-21)23-29-5-6-36-23/h3-7,14-20H,8H2,1-2H3,(H,30,31)/t14?,15?,16?,17?,18?,19?,20-,25?,26?/m0/s1. The summed E-state index contributed by atoms with van der Waals surface area (Å²) in [4.78, 5) is 34.8. The van der Waals surface area contributed by atoms with Crippen LogP contribution >= 0.6 is 22.9 Å². The molecule has 0 amide bonds. The molecule has 2 aromatic rings. The Labute approximate surface area is 214 Å². The van der Waals surface area contributed by atoms with Gasteiger partial charge in [-0.05, 0) is 53.1 Å². The fraction of sp³-hybridized carbons (Fsp3) is 0.462. The molecule has 1 aliphatic heterocycles. The van der Waals surface area contributed by atoms with Crippen LogP contribution in [0.3, 0.4) is 0 Å². The lowest BCUT2D eigenvalue weighted by atomic mass is 8.91. The summed E-state index contributed by atoms with van der Waals surface area (Å²) in [5.74, 6) is 2.33. The van der Waals surface area contributed by atoms with Crippen LogP contribution in [0.5, 0.6) is 0 Å². The molecule has 1 aromatic carbocycles.